The highest BCUT2D eigenvalue weighted by Crippen LogP contribution is 2.26. The molecule has 0 spiro atoms. The summed E-state index contributed by atoms with van der Waals surface area (Å²) in [5, 5.41) is 3.87. The zero-order valence-electron chi connectivity index (χ0n) is 17.8. The Hall–Kier alpha value is -3.56. The molecule has 1 amide bonds. The zero-order valence-corrected chi connectivity index (χ0v) is 18.5. The van der Waals surface area contributed by atoms with Gasteiger partial charge >= 0.3 is 0 Å². The van der Waals surface area contributed by atoms with Crippen LogP contribution in [0.25, 0.3) is 0 Å². The Labute approximate surface area is 193 Å². The van der Waals surface area contributed by atoms with Gasteiger partial charge < -0.3 is 10.1 Å². The van der Waals surface area contributed by atoms with Crippen molar-refractivity contribution < 1.29 is 9.53 Å². The van der Waals surface area contributed by atoms with Gasteiger partial charge in [0.25, 0.3) is 5.91 Å². The Morgan fingerprint density at radius 1 is 0.844 bits per heavy atom. The molecule has 4 rings (SSSR count). The van der Waals surface area contributed by atoms with Gasteiger partial charge in [0, 0.05) is 16.1 Å². The Balaban J connectivity index is 1.49. The maximum absolute atomic E-state index is 13.1. The molecule has 0 fully saturated rings. The number of amides is 1. The van der Waals surface area contributed by atoms with Crippen LogP contribution in [0.4, 0.5) is 0 Å². The van der Waals surface area contributed by atoms with E-state index in [2.05, 4.69) is 24.4 Å². The van der Waals surface area contributed by atoms with Gasteiger partial charge in [-0.1, -0.05) is 84.4 Å². The summed E-state index contributed by atoms with van der Waals surface area (Å²) >= 11 is 6.18. The quantitative estimate of drug-likeness (QED) is 0.344. The molecule has 0 aliphatic heterocycles. The van der Waals surface area contributed by atoms with Crippen LogP contribution in [0.5, 0.6) is 5.75 Å². The topological polar surface area (TPSA) is 38.3 Å². The Kier molecular flexibility index (Phi) is 6.88. The summed E-state index contributed by atoms with van der Waals surface area (Å²) in [7, 11) is 0. The maximum Gasteiger partial charge on any atom is 0.252 e. The predicted molar refractivity (Wildman–Crippen MR) is 129 cm³/mol. The molecule has 160 valence electrons. The smallest absolute Gasteiger partial charge is 0.252 e. The fourth-order valence-electron chi connectivity index (χ4n) is 3.59. The van der Waals surface area contributed by atoms with Crippen LogP contribution in [0.15, 0.2) is 103 Å². The molecule has 32 heavy (non-hydrogen) atoms. The fourth-order valence-corrected chi connectivity index (χ4v) is 3.78. The molecule has 4 heteroatoms. The summed E-state index contributed by atoms with van der Waals surface area (Å²) in [5.74, 6) is 0.541. The third-order valence-electron chi connectivity index (χ3n) is 5.38. The standard InChI is InChI=1S/C28H24ClNO2/c1-20-9-5-7-13-25(20)27(21-10-3-2-4-11-21)30-28(31)22-15-17-24(18-16-22)32-19-23-12-6-8-14-26(23)29/h2-18,27H,19H2,1H3,(H,30,31). The van der Waals surface area contributed by atoms with Crippen molar-refractivity contribution in [3.8, 4) is 5.75 Å². The Morgan fingerprint density at radius 2 is 1.50 bits per heavy atom. The van der Waals surface area contributed by atoms with E-state index in [0.29, 0.717) is 22.9 Å². The first-order valence-corrected chi connectivity index (χ1v) is 10.9. The minimum atomic E-state index is -0.235. The van der Waals surface area contributed by atoms with E-state index in [1.807, 2.05) is 66.7 Å². The van der Waals surface area contributed by atoms with Crippen LogP contribution in [-0.2, 0) is 6.61 Å². The van der Waals surface area contributed by atoms with Crippen LogP contribution in [0.2, 0.25) is 5.02 Å². The third kappa shape index (κ3) is 5.19. The molecule has 4 aromatic carbocycles. The van der Waals surface area contributed by atoms with E-state index in [1.54, 1.807) is 24.3 Å². The summed E-state index contributed by atoms with van der Waals surface area (Å²) in [4.78, 5) is 13.1. The summed E-state index contributed by atoms with van der Waals surface area (Å²) in [6, 6.07) is 32.6. The van der Waals surface area contributed by atoms with Gasteiger partial charge in [-0.2, -0.15) is 0 Å². The summed E-state index contributed by atoms with van der Waals surface area (Å²) in [5.41, 5.74) is 4.73. The number of halogens is 1. The van der Waals surface area contributed by atoms with Crippen molar-refractivity contribution in [3.05, 3.63) is 136 Å². The monoisotopic (exact) mass is 441 g/mol. The number of rotatable bonds is 7. The summed E-state index contributed by atoms with van der Waals surface area (Å²) in [6.07, 6.45) is 0. The minimum absolute atomic E-state index is 0.139. The second-order valence-electron chi connectivity index (χ2n) is 7.58. The summed E-state index contributed by atoms with van der Waals surface area (Å²) in [6.45, 7) is 2.43. The molecule has 3 nitrogen and oxygen atoms in total. The molecule has 4 aromatic rings. The van der Waals surface area contributed by atoms with Gasteiger partial charge in [0.1, 0.15) is 12.4 Å². The molecule has 0 saturated heterocycles. The number of benzene rings is 4. The van der Waals surface area contributed by atoms with Crippen molar-refractivity contribution in [3.63, 3.8) is 0 Å². The van der Waals surface area contributed by atoms with Crippen LogP contribution < -0.4 is 10.1 Å². The van der Waals surface area contributed by atoms with Crippen LogP contribution >= 0.6 is 11.6 Å². The molecule has 0 aromatic heterocycles. The number of hydrogen-bond acceptors (Lipinski definition) is 2. The average Bonchev–Trinajstić information content (AvgIpc) is 2.83. The van der Waals surface area contributed by atoms with Crippen LogP contribution in [0, 0.1) is 6.92 Å². The molecule has 1 N–H and O–H groups in total. The van der Waals surface area contributed by atoms with Crippen LogP contribution in [-0.4, -0.2) is 5.91 Å². The van der Waals surface area contributed by atoms with Gasteiger partial charge in [-0.25, -0.2) is 0 Å². The van der Waals surface area contributed by atoms with Gasteiger partial charge in [-0.05, 0) is 53.9 Å². The lowest BCUT2D eigenvalue weighted by Gasteiger charge is -2.22. The molecule has 1 atom stereocenters. The van der Waals surface area contributed by atoms with E-state index in [9.17, 15) is 4.79 Å². The number of hydrogen-bond donors (Lipinski definition) is 1. The Bertz CT molecular complexity index is 1190. The maximum atomic E-state index is 13.1. The molecule has 0 heterocycles. The number of carbonyl (C=O) groups excluding carboxylic acids is 1. The highest BCUT2D eigenvalue weighted by atomic mass is 35.5. The highest BCUT2D eigenvalue weighted by Gasteiger charge is 2.19. The number of carbonyl (C=O) groups is 1. The van der Waals surface area contributed by atoms with Crippen molar-refractivity contribution in [1.82, 2.24) is 5.32 Å². The molecule has 0 radical (unpaired) electrons. The number of aryl methyl sites for hydroxylation is 1. The minimum Gasteiger partial charge on any atom is -0.489 e. The molecule has 0 aliphatic carbocycles. The van der Waals surface area contributed by atoms with Crippen molar-refractivity contribution in [2.24, 2.45) is 0 Å². The first kappa shape index (κ1) is 21.7. The molecule has 1 unspecified atom stereocenters. The molecule has 0 bridgehead atoms. The van der Waals surface area contributed by atoms with E-state index in [1.165, 1.54) is 0 Å². The van der Waals surface area contributed by atoms with E-state index in [0.717, 1.165) is 22.3 Å². The number of nitrogens with one attached hydrogen (secondary N) is 1. The zero-order chi connectivity index (χ0) is 22.3. The lowest BCUT2D eigenvalue weighted by Crippen LogP contribution is -2.29. The van der Waals surface area contributed by atoms with Gasteiger partial charge in [0.05, 0.1) is 6.04 Å². The number of ether oxygens (including phenoxy) is 1. The second kappa shape index (κ2) is 10.2. The van der Waals surface area contributed by atoms with Gasteiger partial charge in [-0.15, -0.1) is 0 Å². The summed E-state index contributed by atoms with van der Waals surface area (Å²) < 4.78 is 5.83. The van der Waals surface area contributed by atoms with Crippen LogP contribution in [0.1, 0.15) is 38.7 Å². The van der Waals surface area contributed by atoms with Crippen LogP contribution in [0.3, 0.4) is 0 Å². The largest absolute Gasteiger partial charge is 0.489 e. The van der Waals surface area contributed by atoms with Crippen molar-refractivity contribution >= 4 is 17.5 Å². The first-order chi connectivity index (χ1) is 15.6. The van der Waals surface area contributed by atoms with Crippen molar-refractivity contribution in [2.45, 2.75) is 19.6 Å². The molecule has 0 aliphatic rings. The lowest BCUT2D eigenvalue weighted by molar-refractivity contribution is 0.0943. The molecule has 0 saturated carbocycles. The second-order valence-corrected chi connectivity index (χ2v) is 7.99. The average molecular weight is 442 g/mol. The van der Waals surface area contributed by atoms with E-state index >= 15 is 0 Å². The third-order valence-corrected chi connectivity index (χ3v) is 5.75. The van der Waals surface area contributed by atoms with Crippen molar-refractivity contribution in [2.75, 3.05) is 0 Å². The fraction of sp³-hybridized carbons (Fsp3) is 0.107. The molecular weight excluding hydrogens is 418 g/mol. The SMILES string of the molecule is Cc1ccccc1C(NC(=O)c1ccc(OCc2ccccc2Cl)cc1)c1ccccc1. The lowest BCUT2D eigenvalue weighted by atomic mass is 9.94. The van der Waals surface area contributed by atoms with E-state index in [4.69, 9.17) is 16.3 Å². The van der Waals surface area contributed by atoms with Crippen molar-refractivity contribution in [1.29, 1.82) is 0 Å². The molecular formula is C28H24ClNO2. The predicted octanol–water partition coefficient (Wildman–Crippen LogP) is 6.75. The van der Waals surface area contributed by atoms with Gasteiger partial charge in [0.15, 0.2) is 0 Å². The highest BCUT2D eigenvalue weighted by molar-refractivity contribution is 6.31. The van der Waals surface area contributed by atoms with E-state index in [-0.39, 0.29) is 11.9 Å². The first-order valence-electron chi connectivity index (χ1n) is 10.5. The van der Waals surface area contributed by atoms with Gasteiger partial charge in [-0.3, -0.25) is 4.79 Å². The van der Waals surface area contributed by atoms with Gasteiger partial charge in [0.2, 0.25) is 0 Å². The Morgan fingerprint density at radius 3 is 2.22 bits per heavy atom. The van der Waals surface area contributed by atoms with E-state index < -0.39 is 0 Å². The normalized spacial score (nSPS) is 11.6.